The Labute approximate surface area is 271 Å². The van der Waals surface area contributed by atoms with Gasteiger partial charge in [-0.2, -0.15) is 0 Å². The molecule has 6 rings (SSSR count). The Balaban J connectivity index is 1.40. The lowest BCUT2D eigenvalue weighted by Gasteiger charge is -2.30. The monoisotopic (exact) mass is 636 g/mol. The predicted octanol–water partition coefficient (Wildman–Crippen LogP) is 4.98. The molecule has 2 amide bonds. The van der Waals surface area contributed by atoms with E-state index in [-0.39, 0.29) is 35.8 Å². The van der Waals surface area contributed by atoms with Gasteiger partial charge in [-0.25, -0.2) is 4.79 Å². The van der Waals surface area contributed by atoms with Crippen molar-refractivity contribution in [3.05, 3.63) is 53.1 Å². The number of amides is 2. The number of rotatable bonds is 5. The van der Waals surface area contributed by atoms with E-state index in [4.69, 9.17) is 14.2 Å². The smallest absolute Gasteiger partial charge is 0.328 e. The number of aromatic hydroxyl groups is 1. The van der Waals surface area contributed by atoms with Crippen LogP contribution in [0.15, 0.2) is 42.0 Å². The molecule has 10 heteroatoms. The van der Waals surface area contributed by atoms with Crippen molar-refractivity contribution in [2.45, 2.75) is 115 Å². The van der Waals surface area contributed by atoms with Crippen LogP contribution < -0.4 is 15.4 Å². The van der Waals surface area contributed by atoms with Gasteiger partial charge in [-0.15, -0.1) is 0 Å². The summed E-state index contributed by atoms with van der Waals surface area (Å²) in [5.74, 6) is -1.11. The minimum atomic E-state index is -0.828. The van der Waals surface area contributed by atoms with Crippen LogP contribution in [0.5, 0.6) is 11.5 Å². The van der Waals surface area contributed by atoms with Crippen molar-refractivity contribution in [2.24, 2.45) is 11.8 Å². The first-order chi connectivity index (χ1) is 22.1. The fourth-order valence-electron chi connectivity index (χ4n) is 7.13. The van der Waals surface area contributed by atoms with Crippen molar-refractivity contribution in [3.8, 4) is 11.5 Å². The summed E-state index contributed by atoms with van der Waals surface area (Å²) in [5, 5.41) is 28.3. The zero-order chi connectivity index (χ0) is 33.0. The van der Waals surface area contributed by atoms with E-state index < -0.39 is 42.3 Å². The highest BCUT2D eigenvalue weighted by atomic mass is 16.5. The zero-order valence-electron chi connectivity index (χ0n) is 27.3. The van der Waals surface area contributed by atoms with Gasteiger partial charge in [0.2, 0.25) is 11.8 Å². The van der Waals surface area contributed by atoms with Crippen LogP contribution in [0.2, 0.25) is 0 Å². The fraction of sp³-hybridized carbons (Fsp3) is 0.583. The lowest BCUT2D eigenvalue weighted by atomic mass is 9.86. The van der Waals surface area contributed by atoms with E-state index in [1.807, 2.05) is 50.3 Å². The predicted molar refractivity (Wildman–Crippen MR) is 174 cm³/mol. The van der Waals surface area contributed by atoms with Crippen molar-refractivity contribution >= 4 is 23.5 Å². The Morgan fingerprint density at radius 3 is 2.67 bits per heavy atom. The molecule has 0 aromatic heterocycles. The average Bonchev–Trinajstić information content (AvgIpc) is 3.41. The second kappa shape index (κ2) is 14.9. The SMILES string of the molecule is CO[C@@H]1CC(=O)Nc2c(O)c3cc4c2[C@H](C=C/C=C/C[C@H](O)[C@H](C)[C@@H](OC(=O)[C@@H](C)NC(=O)C2CCCCC2)/C(C)=C\CC3)[C@H]1O4. The number of phenolic OH excluding ortho intramolecular Hbond substituents is 1. The number of carbonyl (C=O) groups is 3. The normalized spacial score (nSPS) is 31.0. The maximum absolute atomic E-state index is 13.3. The summed E-state index contributed by atoms with van der Waals surface area (Å²) in [4.78, 5) is 38.9. The van der Waals surface area contributed by atoms with Crippen LogP contribution in [0.4, 0.5) is 5.69 Å². The number of nitrogens with one attached hydrogen (secondary N) is 2. The fourth-order valence-corrected chi connectivity index (χ4v) is 7.13. The molecule has 0 unspecified atom stereocenters. The highest BCUT2D eigenvalue weighted by molar-refractivity contribution is 5.95. The molecule has 3 aliphatic carbocycles. The molecule has 10 nitrogen and oxygen atoms in total. The van der Waals surface area contributed by atoms with Gasteiger partial charge in [0, 0.05) is 36.0 Å². The molecule has 46 heavy (non-hydrogen) atoms. The Hall–Kier alpha value is -3.63. The number of esters is 1. The molecule has 1 saturated carbocycles. The Kier molecular flexibility index (Phi) is 10.9. The second-order valence-corrected chi connectivity index (χ2v) is 13.2. The summed E-state index contributed by atoms with van der Waals surface area (Å²) < 4.78 is 18.0. The first-order valence-corrected chi connectivity index (χ1v) is 16.7. The molecule has 1 aromatic carbocycles. The van der Waals surface area contributed by atoms with Crippen LogP contribution in [0.3, 0.4) is 0 Å². The molecule has 2 aliphatic heterocycles. The van der Waals surface area contributed by atoms with Crippen molar-refractivity contribution < 1.29 is 38.8 Å². The van der Waals surface area contributed by atoms with Crippen LogP contribution in [0.1, 0.15) is 89.2 Å². The lowest BCUT2D eigenvalue weighted by molar-refractivity contribution is -0.155. The number of aryl methyl sites for hydroxylation is 1. The highest BCUT2D eigenvalue weighted by Crippen LogP contribution is 2.51. The van der Waals surface area contributed by atoms with E-state index in [1.165, 1.54) is 0 Å². The van der Waals surface area contributed by atoms with Crippen LogP contribution in [0, 0.1) is 11.8 Å². The number of allylic oxidation sites excluding steroid dienone is 3. The third-order valence-corrected chi connectivity index (χ3v) is 9.94. The highest BCUT2D eigenvalue weighted by Gasteiger charge is 2.44. The second-order valence-electron chi connectivity index (χ2n) is 13.2. The first kappa shape index (κ1) is 33.7. The third kappa shape index (κ3) is 7.33. The van der Waals surface area contributed by atoms with E-state index in [9.17, 15) is 24.6 Å². The van der Waals surface area contributed by atoms with Crippen molar-refractivity contribution in [2.75, 3.05) is 12.4 Å². The van der Waals surface area contributed by atoms with Crippen LogP contribution in [0.25, 0.3) is 0 Å². The molecule has 0 saturated heterocycles. The molecule has 0 radical (unpaired) electrons. The van der Waals surface area contributed by atoms with Gasteiger partial charge in [-0.3, -0.25) is 9.59 Å². The number of hydrogen-bond acceptors (Lipinski definition) is 8. The minimum Gasteiger partial charge on any atom is -0.505 e. The number of aliphatic hydroxyl groups is 1. The lowest BCUT2D eigenvalue weighted by Crippen LogP contribution is -2.45. The van der Waals surface area contributed by atoms with Gasteiger partial charge in [0.05, 0.1) is 18.2 Å². The molecule has 5 aliphatic rings. The maximum Gasteiger partial charge on any atom is 0.328 e. The third-order valence-electron chi connectivity index (χ3n) is 9.94. The quantitative estimate of drug-likeness (QED) is 0.201. The van der Waals surface area contributed by atoms with E-state index in [0.29, 0.717) is 41.8 Å². The average molecular weight is 637 g/mol. The number of ether oxygens (including phenoxy) is 3. The largest absolute Gasteiger partial charge is 0.505 e. The molecule has 250 valence electrons. The number of anilines is 1. The summed E-state index contributed by atoms with van der Waals surface area (Å²) >= 11 is 0. The zero-order valence-corrected chi connectivity index (χ0v) is 27.3. The molecule has 6 bridgehead atoms. The van der Waals surface area contributed by atoms with Gasteiger partial charge < -0.3 is 35.1 Å². The molecular formula is C36H48N2O8. The Morgan fingerprint density at radius 2 is 1.93 bits per heavy atom. The standard InChI is InChI=1S/C36H48N2O8/c1-20-12-11-15-24-18-27-30-25(34(45-27)28(44-4)19-29(40)38-31(30)32(24)41)16-9-6-10-17-26(39)21(2)33(20)46-36(43)22(3)37-35(42)23-13-7-5-8-14-23/h6,9-10,12,16,18,21-23,25-26,28,33-34,39,41H,5,7-8,11,13-15,17,19H2,1-4H3,(H,37,42)(H,38,40)/b10-6+,16-9?,20-12-/t21-,22+,25-,26-,28+,33-,34+/m0/s1. The Bertz CT molecular complexity index is 1390. The number of aliphatic hydroxyl groups excluding tert-OH is 1. The van der Waals surface area contributed by atoms with E-state index in [1.54, 1.807) is 14.0 Å². The number of benzene rings is 1. The van der Waals surface area contributed by atoms with Crippen molar-refractivity contribution in [1.29, 1.82) is 0 Å². The van der Waals surface area contributed by atoms with Gasteiger partial charge in [0.1, 0.15) is 35.9 Å². The molecule has 1 fully saturated rings. The molecule has 0 spiro atoms. The molecular weight excluding hydrogens is 588 g/mol. The number of methoxy groups -OCH3 is 1. The number of fused-ring (bicyclic) bond motifs is 8. The van der Waals surface area contributed by atoms with Gasteiger partial charge in [-0.05, 0) is 57.6 Å². The van der Waals surface area contributed by atoms with Crippen LogP contribution in [-0.2, 0) is 30.3 Å². The van der Waals surface area contributed by atoms with Gasteiger partial charge in [0.15, 0.2) is 0 Å². The summed E-state index contributed by atoms with van der Waals surface area (Å²) in [5.41, 5.74) is 2.44. The summed E-state index contributed by atoms with van der Waals surface area (Å²) in [6.07, 6.45) is 13.2. The number of hydrogen-bond donors (Lipinski definition) is 4. The molecule has 2 heterocycles. The number of carbonyl (C=O) groups excluding carboxylic acids is 3. The topological polar surface area (TPSA) is 143 Å². The van der Waals surface area contributed by atoms with E-state index in [0.717, 1.165) is 37.7 Å². The van der Waals surface area contributed by atoms with Crippen LogP contribution in [-0.4, -0.2) is 65.6 Å². The minimum absolute atomic E-state index is 0.00540. The maximum atomic E-state index is 13.3. The summed E-state index contributed by atoms with van der Waals surface area (Å²) in [7, 11) is 1.56. The van der Waals surface area contributed by atoms with E-state index >= 15 is 0 Å². The van der Waals surface area contributed by atoms with Crippen molar-refractivity contribution in [1.82, 2.24) is 5.32 Å². The van der Waals surface area contributed by atoms with E-state index in [2.05, 4.69) is 10.6 Å². The summed E-state index contributed by atoms with van der Waals surface area (Å²) in [6.45, 7) is 5.34. The summed E-state index contributed by atoms with van der Waals surface area (Å²) in [6, 6.07) is 1.00. The molecule has 4 N–H and O–H groups in total. The molecule has 7 atom stereocenters. The van der Waals surface area contributed by atoms with Crippen molar-refractivity contribution in [3.63, 3.8) is 0 Å². The number of phenols is 1. The molecule has 1 aromatic rings. The van der Waals surface area contributed by atoms with Crippen LogP contribution >= 0.6 is 0 Å². The van der Waals surface area contributed by atoms with Gasteiger partial charge in [0.25, 0.3) is 0 Å². The first-order valence-electron chi connectivity index (χ1n) is 16.7. The van der Waals surface area contributed by atoms with Gasteiger partial charge in [-0.1, -0.05) is 56.6 Å². The van der Waals surface area contributed by atoms with Gasteiger partial charge >= 0.3 is 5.97 Å². The Morgan fingerprint density at radius 1 is 1.17 bits per heavy atom.